The first-order valence-electron chi connectivity index (χ1n) is 8.18. The molecule has 8 nitrogen and oxygen atoms in total. The van der Waals surface area contributed by atoms with Crippen LogP contribution in [0.25, 0.3) is 0 Å². The van der Waals surface area contributed by atoms with Gasteiger partial charge < -0.3 is 19.5 Å². The third-order valence-electron chi connectivity index (χ3n) is 4.17. The summed E-state index contributed by atoms with van der Waals surface area (Å²) in [5.41, 5.74) is 0. The fourth-order valence-electron chi connectivity index (χ4n) is 2.83. The molecule has 0 aliphatic carbocycles. The minimum absolute atomic E-state index is 0. The number of aliphatic imine (C=N–C) groups is 1. The number of alkyl halides is 2. The summed E-state index contributed by atoms with van der Waals surface area (Å²) in [7, 11) is 1.63. The van der Waals surface area contributed by atoms with Gasteiger partial charge in [-0.3, -0.25) is 14.4 Å². The summed E-state index contributed by atoms with van der Waals surface area (Å²) in [6.45, 7) is -0.300. The van der Waals surface area contributed by atoms with Gasteiger partial charge in [-0.25, -0.2) is 4.98 Å². The van der Waals surface area contributed by atoms with E-state index in [-0.39, 0.29) is 42.3 Å². The summed E-state index contributed by atoms with van der Waals surface area (Å²) in [5, 5.41) is 3.05. The lowest BCUT2D eigenvalue weighted by Gasteiger charge is -2.36. The Hall–Kier alpha value is -2.18. The number of hydrogen-bond donors (Lipinski definition) is 1. The van der Waals surface area contributed by atoms with Crippen LogP contribution in [0.15, 0.2) is 40.2 Å². The number of carbonyl (C=O) groups is 1. The lowest BCUT2D eigenvalue weighted by molar-refractivity contribution is 0.0657. The number of amides is 1. The fourth-order valence-corrected chi connectivity index (χ4v) is 2.83. The van der Waals surface area contributed by atoms with Crippen molar-refractivity contribution in [1.29, 1.82) is 0 Å². The smallest absolute Gasteiger partial charge is 0.319 e. The normalized spacial score (nSPS) is 15.0. The van der Waals surface area contributed by atoms with Gasteiger partial charge >= 0.3 is 6.55 Å². The first-order valence-corrected chi connectivity index (χ1v) is 8.18. The number of nitrogens with one attached hydrogen (secondary N) is 1. The van der Waals surface area contributed by atoms with E-state index in [9.17, 15) is 13.6 Å². The highest BCUT2D eigenvalue weighted by atomic mass is 127. The number of nitrogens with zero attached hydrogens (tertiary/aromatic N) is 5. The van der Waals surface area contributed by atoms with E-state index in [0.717, 1.165) is 4.57 Å². The number of rotatable bonds is 4. The molecule has 1 N–H and O–H groups in total. The molecule has 148 valence electrons. The van der Waals surface area contributed by atoms with Gasteiger partial charge in [-0.2, -0.15) is 8.78 Å². The Kier molecular flexibility index (Phi) is 7.56. The Bertz CT molecular complexity index is 757. The molecule has 1 amide bonds. The molecule has 0 radical (unpaired) electrons. The molecule has 1 fully saturated rings. The molecule has 27 heavy (non-hydrogen) atoms. The zero-order chi connectivity index (χ0) is 18.5. The van der Waals surface area contributed by atoms with Crippen LogP contribution >= 0.6 is 24.0 Å². The average Bonchev–Trinajstić information content (AvgIpc) is 3.34. The zero-order valence-corrected chi connectivity index (χ0v) is 17.0. The maximum atomic E-state index is 12.9. The maximum Gasteiger partial charge on any atom is 0.319 e. The van der Waals surface area contributed by atoms with E-state index >= 15 is 0 Å². The molecule has 11 heteroatoms. The van der Waals surface area contributed by atoms with E-state index in [4.69, 9.17) is 4.42 Å². The highest BCUT2D eigenvalue weighted by Gasteiger charge is 2.25. The Morgan fingerprint density at radius 2 is 2.04 bits per heavy atom. The van der Waals surface area contributed by atoms with Crippen molar-refractivity contribution in [1.82, 2.24) is 24.7 Å². The summed E-state index contributed by atoms with van der Waals surface area (Å²) in [4.78, 5) is 24.1. The molecule has 0 unspecified atom stereocenters. The van der Waals surface area contributed by atoms with Crippen molar-refractivity contribution in [3.05, 3.63) is 42.4 Å². The Labute approximate surface area is 172 Å². The maximum absolute atomic E-state index is 12.9. The predicted octanol–water partition coefficient (Wildman–Crippen LogP) is 2.02. The van der Waals surface area contributed by atoms with Crippen molar-refractivity contribution < 1.29 is 18.0 Å². The van der Waals surface area contributed by atoms with Crippen molar-refractivity contribution >= 4 is 35.8 Å². The van der Waals surface area contributed by atoms with Crippen LogP contribution in [0, 0.1) is 0 Å². The number of imidazole rings is 1. The number of carbonyl (C=O) groups excluding carboxylic acids is 1. The van der Waals surface area contributed by atoms with Crippen LogP contribution in [0.3, 0.4) is 0 Å². The van der Waals surface area contributed by atoms with Crippen LogP contribution in [-0.2, 0) is 6.54 Å². The molecule has 1 saturated heterocycles. The molecule has 3 heterocycles. The number of piperazine rings is 1. The van der Waals surface area contributed by atoms with Gasteiger partial charge in [0.1, 0.15) is 5.82 Å². The second-order valence-electron chi connectivity index (χ2n) is 5.69. The minimum atomic E-state index is -2.63. The van der Waals surface area contributed by atoms with Crippen LogP contribution < -0.4 is 5.32 Å². The van der Waals surface area contributed by atoms with Crippen molar-refractivity contribution in [2.24, 2.45) is 4.99 Å². The third kappa shape index (κ3) is 4.96. The molecular formula is C16H21F2IN6O2. The minimum Gasteiger partial charge on any atom is -0.459 e. The fraction of sp³-hybridized carbons (Fsp3) is 0.438. The number of furan rings is 1. The first kappa shape index (κ1) is 21.1. The Morgan fingerprint density at radius 3 is 2.63 bits per heavy atom. The van der Waals surface area contributed by atoms with Crippen molar-refractivity contribution in [2.75, 3.05) is 33.2 Å². The van der Waals surface area contributed by atoms with Crippen molar-refractivity contribution in [2.45, 2.75) is 13.1 Å². The van der Waals surface area contributed by atoms with E-state index in [1.807, 2.05) is 4.90 Å². The van der Waals surface area contributed by atoms with Gasteiger partial charge in [0.15, 0.2) is 11.7 Å². The molecular weight excluding hydrogens is 473 g/mol. The van der Waals surface area contributed by atoms with Crippen molar-refractivity contribution in [3.63, 3.8) is 0 Å². The highest BCUT2D eigenvalue weighted by molar-refractivity contribution is 14.0. The number of aromatic nitrogens is 2. The van der Waals surface area contributed by atoms with Gasteiger partial charge in [-0.1, -0.05) is 0 Å². The summed E-state index contributed by atoms with van der Waals surface area (Å²) >= 11 is 0. The summed E-state index contributed by atoms with van der Waals surface area (Å²) in [5.74, 6) is 0.989. The van der Waals surface area contributed by atoms with Gasteiger partial charge in [0, 0.05) is 45.6 Å². The number of guanidine groups is 1. The molecule has 0 bridgehead atoms. The second-order valence-corrected chi connectivity index (χ2v) is 5.69. The molecule has 0 atom stereocenters. The Balaban J connectivity index is 0.00000261. The molecule has 1 aliphatic rings. The predicted molar refractivity (Wildman–Crippen MR) is 105 cm³/mol. The third-order valence-corrected chi connectivity index (χ3v) is 4.17. The number of hydrogen-bond acceptors (Lipinski definition) is 4. The standard InChI is InChI=1S/C16H20F2N6O2.HI/c1-19-16(21-11-13-20-4-5-24(13)15(17)18)23-8-6-22(7-9-23)14(25)12-3-2-10-26-12;/h2-5,10,15H,6-9,11H2,1H3,(H,19,21);1H. The second kappa shape index (κ2) is 9.67. The molecule has 0 aromatic carbocycles. The van der Waals surface area contributed by atoms with E-state index in [1.54, 1.807) is 24.1 Å². The van der Waals surface area contributed by atoms with Gasteiger partial charge in [0.2, 0.25) is 0 Å². The van der Waals surface area contributed by atoms with E-state index in [0.29, 0.717) is 37.9 Å². The summed E-state index contributed by atoms with van der Waals surface area (Å²) in [6, 6.07) is 3.32. The molecule has 1 aliphatic heterocycles. The molecule has 2 aromatic heterocycles. The van der Waals surface area contributed by atoms with Crippen LogP contribution in [-0.4, -0.2) is 64.4 Å². The van der Waals surface area contributed by atoms with E-state index in [2.05, 4.69) is 15.3 Å². The average molecular weight is 494 g/mol. The Morgan fingerprint density at radius 1 is 1.33 bits per heavy atom. The first-order chi connectivity index (χ1) is 12.6. The largest absolute Gasteiger partial charge is 0.459 e. The SMILES string of the molecule is CN=C(NCc1nccn1C(F)F)N1CCN(C(=O)c2ccco2)CC1.I. The molecule has 0 spiro atoms. The topological polar surface area (TPSA) is 78.9 Å². The summed E-state index contributed by atoms with van der Waals surface area (Å²) < 4.78 is 31.7. The molecule has 2 aromatic rings. The molecule has 3 rings (SSSR count). The summed E-state index contributed by atoms with van der Waals surface area (Å²) in [6.07, 6.45) is 4.05. The molecule has 0 saturated carbocycles. The quantitative estimate of drug-likeness (QED) is 0.400. The lowest BCUT2D eigenvalue weighted by Crippen LogP contribution is -2.53. The van der Waals surface area contributed by atoms with E-state index < -0.39 is 6.55 Å². The van der Waals surface area contributed by atoms with Gasteiger partial charge in [0.05, 0.1) is 12.8 Å². The van der Waals surface area contributed by atoms with Gasteiger partial charge in [0.25, 0.3) is 5.91 Å². The van der Waals surface area contributed by atoms with E-state index in [1.165, 1.54) is 18.7 Å². The van der Waals surface area contributed by atoms with Crippen LogP contribution in [0.1, 0.15) is 22.9 Å². The highest BCUT2D eigenvalue weighted by Crippen LogP contribution is 2.13. The zero-order valence-electron chi connectivity index (χ0n) is 14.7. The van der Waals surface area contributed by atoms with Crippen LogP contribution in [0.2, 0.25) is 0 Å². The van der Waals surface area contributed by atoms with Gasteiger partial charge in [-0.05, 0) is 12.1 Å². The monoisotopic (exact) mass is 494 g/mol. The van der Waals surface area contributed by atoms with Crippen LogP contribution in [0.4, 0.5) is 8.78 Å². The van der Waals surface area contributed by atoms with Crippen molar-refractivity contribution in [3.8, 4) is 0 Å². The number of halogens is 3. The van der Waals surface area contributed by atoms with Gasteiger partial charge in [-0.15, -0.1) is 24.0 Å². The van der Waals surface area contributed by atoms with Crippen LogP contribution in [0.5, 0.6) is 0 Å². The lowest BCUT2D eigenvalue weighted by atomic mass is 10.3.